The van der Waals surface area contributed by atoms with Gasteiger partial charge in [-0.05, 0) is 52.6 Å². The summed E-state index contributed by atoms with van der Waals surface area (Å²) >= 11 is 0. The molecule has 0 atom stereocenters. The third kappa shape index (κ3) is 3.90. The molecule has 5 nitrogen and oxygen atoms in total. The number of likely N-dealkylation sites (tertiary alicyclic amines) is 1. The Kier molecular flexibility index (Phi) is 4.55. The first-order valence-electron chi connectivity index (χ1n) is 7.29. The van der Waals surface area contributed by atoms with Gasteiger partial charge in [0, 0.05) is 25.2 Å². The highest BCUT2D eigenvalue weighted by molar-refractivity contribution is 7.89. The molecule has 2 N–H and O–H groups in total. The quantitative estimate of drug-likeness (QED) is 0.823. The van der Waals surface area contributed by atoms with E-state index in [-0.39, 0.29) is 10.8 Å². The molecule has 2 aliphatic rings. The summed E-state index contributed by atoms with van der Waals surface area (Å²) in [7, 11) is -3.05. The van der Waals surface area contributed by atoms with Gasteiger partial charge in [0.1, 0.15) is 0 Å². The number of rotatable bonds is 4. The lowest BCUT2D eigenvalue weighted by molar-refractivity contribution is 0.191. The highest BCUT2D eigenvalue weighted by Gasteiger charge is 2.36. The van der Waals surface area contributed by atoms with Crippen LogP contribution in [0.4, 0.5) is 0 Å². The van der Waals surface area contributed by atoms with Crippen molar-refractivity contribution < 1.29 is 8.42 Å². The molecular formula is C13H27N3O2S. The summed E-state index contributed by atoms with van der Waals surface area (Å²) in [5, 5.41) is -0.178. The van der Waals surface area contributed by atoms with Gasteiger partial charge < -0.3 is 10.6 Å². The van der Waals surface area contributed by atoms with Gasteiger partial charge >= 0.3 is 0 Å². The SMILES string of the molecule is CC(C)(N)CN1CCC(S(=O)(=O)N2CCCC2)CC1. The van der Waals surface area contributed by atoms with Gasteiger partial charge in [-0.3, -0.25) is 0 Å². The van der Waals surface area contributed by atoms with Gasteiger partial charge in [-0.1, -0.05) is 0 Å². The van der Waals surface area contributed by atoms with E-state index in [1.54, 1.807) is 4.31 Å². The summed E-state index contributed by atoms with van der Waals surface area (Å²) in [6, 6.07) is 0. The van der Waals surface area contributed by atoms with Gasteiger partial charge in [0.05, 0.1) is 5.25 Å². The van der Waals surface area contributed by atoms with Crippen LogP contribution in [0.5, 0.6) is 0 Å². The van der Waals surface area contributed by atoms with Crippen molar-refractivity contribution in [1.82, 2.24) is 9.21 Å². The van der Waals surface area contributed by atoms with Crippen molar-refractivity contribution in [2.24, 2.45) is 5.73 Å². The summed E-state index contributed by atoms with van der Waals surface area (Å²) in [5.74, 6) is 0. The fourth-order valence-electron chi connectivity index (χ4n) is 3.09. The monoisotopic (exact) mass is 289 g/mol. The Bertz CT molecular complexity index is 389. The molecule has 0 aromatic rings. The molecule has 19 heavy (non-hydrogen) atoms. The third-order valence-electron chi connectivity index (χ3n) is 4.01. The first-order valence-corrected chi connectivity index (χ1v) is 8.79. The molecule has 2 rings (SSSR count). The molecule has 2 saturated heterocycles. The average Bonchev–Trinajstić information content (AvgIpc) is 2.81. The third-order valence-corrected chi connectivity index (χ3v) is 6.41. The van der Waals surface area contributed by atoms with Crippen molar-refractivity contribution in [3.05, 3.63) is 0 Å². The van der Waals surface area contributed by atoms with Crippen LogP contribution in [0.25, 0.3) is 0 Å². The second kappa shape index (κ2) is 5.68. The fourth-order valence-corrected chi connectivity index (χ4v) is 5.09. The van der Waals surface area contributed by atoms with Crippen LogP contribution < -0.4 is 5.73 Å². The van der Waals surface area contributed by atoms with Crippen molar-refractivity contribution in [3.8, 4) is 0 Å². The molecule has 0 saturated carbocycles. The van der Waals surface area contributed by atoms with E-state index in [1.165, 1.54) is 0 Å². The minimum atomic E-state index is -3.05. The Balaban J connectivity index is 1.89. The molecule has 0 amide bonds. The highest BCUT2D eigenvalue weighted by Crippen LogP contribution is 2.24. The Morgan fingerprint density at radius 3 is 2.11 bits per heavy atom. The maximum absolute atomic E-state index is 12.5. The first kappa shape index (κ1) is 15.2. The lowest BCUT2D eigenvalue weighted by Crippen LogP contribution is -2.50. The Hall–Kier alpha value is -0.170. The van der Waals surface area contributed by atoms with Crippen LogP contribution in [0.2, 0.25) is 0 Å². The number of nitrogens with zero attached hydrogens (tertiary/aromatic N) is 2. The van der Waals surface area contributed by atoms with Crippen molar-refractivity contribution in [3.63, 3.8) is 0 Å². The molecule has 0 spiro atoms. The fraction of sp³-hybridized carbons (Fsp3) is 1.00. The van der Waals surface area contributed by atoms with Crippen LogP contribution in [-0.4, -0.2) is 61.1 Å². The molecule has 2 fully saturated rings. The maximum atomic E-state index is 12.5. The van der Waals surface area contributed by atoms with Gasteiger partial charge in [0.2, 0.25) is 10.0 Å². The van der Waals surface area contributed by atoms with Crippen molar-refractivity contribution in [2.45, 2.75) is 50.3 Å². The van der Waals surface area contributed by atoms with E-state index in [4.69, 9.17) is 5.73 Å². The predicted molar refractivity (Wildman–Crippen MR) is 77.5 cm³/mol. The lowest BCUT2D eigenvalue weighted by atomic mass is 10.0. The summed E-state index contributed by atoms with van der Waals surface area (Å²) in [6.07, 6.45) is 3.52. The molecule has 6 heteroatoms. The van der Waals surface area contributed by atoms with Crippen LogP contribution in [-0.2, 0) is 10.0 Å². The van der Waals surface area contributed by atoms with Crippen LogP contribution in [0, 0.1) is 0 Å². The Labute approximate surface area is 117 Å². The molecule has 0 aromatic heterocycles. The van der Waals surface area contributed by atoms with E-state index in [9.17, 15) is 8.42 Å². The summed E-state index contributed by atoms with van der Waals surface area (Å²) < 4.78 is 26.6. The second-order valence-corrected chi connectivity index (χ2v) is 8.83. The van der Waals surface area contributed by atoms with Crippen LogP contribution in [0.15, 0.2) is 0 Å². The van der Waals surface area contributed by atoms with E-state index in [1.807, 2.05) is 13.8 Å². The zero-order valence-electron chi connectivity index (χ0n) is 12.1. The maximum Gasteiger partial charge on any atom is 0.217 e. The zero-order chi connectivity index (χ0) is 14.1. The molecular weight excluding hydrogens is 262 g/mol. The summed E-state index contributed by atoms with van der Waals surface area (Å²) in [5.41, 5.74) is 5.81. The molecule has 0 radical (unpaired) electrons. The predicted octanol–water partition coefficient (Wildman–Crippen LogP) is 0.614. The smallest absolute Gasteiger partial charge is 0.217 e. The molecule has 0 unspecified atom stereocenters. The van der Waals surface area contributed by atoms with Gasteiger partial charge in [0.15, 0.2) is 0 Å². The Morgan fingerprint density at radius 2 is 1.63 bits per heavy atom. The van der Waals surface area contributed by atoms with E-state index < -0.39 is 10.0 Å². The van der Waals surface area contributed by atoms with E-state index in [2.05, 4.69) is 4.90 Å². The number of piperidine rings is 1. The minimum absolute atomic E-state index is 0.178. The molecule has 0 bridgehead atoms. The summed E-state index contributed by atoms with van der Waals surface area (Å²) in [6.45, 7) is 8.00. The van der Waals surface area contributed by atoms with Gasteiger partial charge in [-0.15, -0.1) is 0 Å². The number of nitrogens with two attached hydrogens (primary N) is 1. The highest BCUT2D eigenvalue weighted by atomic mass is 32.2. The molecule has 2 aliphatic heterocycles. The normalized spacial score (nSPS) is 25.0. The van der Waals surface area contributed by atoms with E-state index in [0.29, 0.717) is 0 Å². The van der Waals surface area contributed by atoms with Gasteiger partial charge in [-0.25, -0.2) is 12.7 Å². The molecule has 0 aliphatic carbocycles. The number of sulfonamides is 1. The van der Waals surface area contributed by atoms with E-state index >= 15 is 0 Å². The van der Waals surface area contributed by atoms with Crippen LogP contribution in [0.3, 0.4) is 0 Å². The molecule has 2 heterocycles. The lowest BCUT2D eigenvalue weighted by Gasteiger charge is -2.36. The number of hydrogen-bond acceptors (Lipinski definition) is 4. The Morgan fingerprint density at radius 1 is 1.11 bits per heavy atom. The molecule has 112 valence electrons. The van der Waals surface area contributed by atoms with Crippen molar-refractivity contribution >= 4 is 10.0 Å². The largest absolute Gasteiger partial charge is 0.324 e. The number of hydrogen-bond donors (Lipinski definition) is 1. The average molecular weight is 289 g/mol. The second-order valence-electron chi connectivity index (χ2n) is 6.62. The van der Waals surface area contributed by atoms with Crippen LogP contribution in [0.1, 0.15) is 39.5 Å². The van der Waals surface area contributed by atoms with Crippen molar-refractivity contribution in [1.29, 1.82) is 0 Å². The minimum Gasteiger partial charge on any atom is -0.324 e. The standard InChI is InChI=1S/C13H27N3O2S/c1-13(2,14)11-15-9-5-12(6-10-15)19(17,18)16-7-3-4-8-16/h12H,3-11,14H2,1-2H3. The van der Waals surface area contributed by atoms with E-state index in [0.717, 1.165) is 58.4 Å². The van der Waals surface area contributed by atoms with Crippen LogP contribution >= 0.6 is 0 Å². The zero-order valence-corrected chi connectivity index (χ0v) is 13.0. The van der Waals surface area contributed by atoms with Gasteiger partial charge in [-0.2, -0.15) is 0 Å². The first-order chi connectivity index (χ1) is 8.79. The van der Waals surface area contributed by atoms with Gasteiger partial charge in [0.25, 0.3) is 0 Å². The van der Waals surface area contributed by atoms with Crippen molar-refractivity contribution in [2.75, 3.05) is 32.7 Å². The topological polar surface area (TPSA) is 66.6 Å². The summed E-state index contributed by atoms with van der Waals surface area (Å²) in [4.78, 5) is 2.29. The molecule has 0 aromatic carbocycles.